The zero-order chi connectivity index (χ0) is 24.3. The fourth-order valence-electron chi connectivity index (χ4n) is 4.61. The number of hydrogen-bond donors (Lipinski definition) is 1. The van der Waals surface area contributed by atoms with E-state index in [0.29, 0.717) is 37.7 Å². The lowest BCUT2D eigenvalue weighted by Crippen LogP contribution is -2.67. The Labute approximate surface area is 196 Å². The first kappa shape index (κ1) is 22.4. The van der Waals surface area contributed by atoms with Crippen molar-refractivity contribution < 1.29 is 22.8 Å². The molecule has 0 atom stereocenters. The maximum absolute atomic E-state index is 13.0. The molecular formula is C21H20F3N7O2S. The van der Waals surface area contributed by atoms with E-state index in [4.69, 9.17) is 0 Å². The second-order valence-corrected chi connectivity index (χ2v) is 9.72. The van der Waals surface area contributed by atoms with Crippen molar-refractivity contribution in [3.8, 4) is 0 Å². The van der Waals surface area contributed by atoms with E-state index in [2.05, 4.69) is 25.3 Å². The van der Waals surface area contributed by atoms with Gasteiger partial charge in [0, 0.05) is 37.7 Å². The number of urea groups is 1. The molecule has 1 spiro atoms. The lowest BCUT2D eigenvalue weighted by atomic mass is 9.60. The molecule has 0 unspecified atom stereocenters. The minimum Gasteiger partial charge on any atom is -0.336 e. The molecule has 34 heavy (non-hydrogen) atoms. The van der Waals surface area contributed by atoms with Crippen LogP contribution in [0.25, 0.3) is 10.2 Å². The number of aryl methyl sites for hydroxylation is 1. The summed E-state index contributed by atoms with van der Waals surface area (Å²) in [5.41, 5.74) is -0.00847. The molecule has 0 bridgehead atoms. The molecule has 1 aliphatic heterocycles. The zero-order valence-electron chi connectivity index (χ0n) is 18.3. The van der Waals surface area contributed by atoms with Crippen LogP contribution in [0, 0.1) is 12.3 Å². The molecule has 1 saturated carbocycles. The van der Waals surface area contributed by atoms with E-state index in [1.54, 1.807) is 11.9 Å². The maximum atomic E-state index is 13.0. The van der Waals surface area contributed by atoms with Gasteiger partial charge in [-0.3, -0.25) is 10.1 Å². The van der Waals surface area contributed by atoms with Crippen LogP contribution < -0.4 is 5.32 Å². The van der Waals surface area contributed by atoms with Crippen LogP contribution in [0.3, 0.4) is 0 Å². The largest absolute Gasteiger partial charge is 0.433 e. The second-order valence-electron chi connectivity index (χ2n) is 8.80. The summed E-state index contributed by atoms with van der Waals surface area (Å²) < 4.78 is 39.7. The first-order chi connectivity index (χ1) is 16.0. The van der Waals surface area contributed by atoms with Gasteiger partial charge in [-0.05, 0) is 31.2 Å². The molecule has 3 aromatic heterocycles. The smallest absolute Gasteiger partial charge is 0.336 e. The number of fused-ring (bicyclic) bond motifs is 1. The van der Waals surface area contributed by atoms with Crippen LogP contribution in [0.1, 0.15) is 34.8 Å². The summed E-state index contributed by atoms with van der Waals surface area (Å²) in [4.78, 5) is 44.3. The average Bonchev–Trinajstić information content (AvgIpc) is 3.19. The quantitative estimate of drug-likeness (QED) is 0.601. The van der Waals surface area contributed by atoms with Gasteiger partial charge in [-0.15, -0.1) is 11.3 Å². The topological polar surface area (TPSA) is 104 Å². The number of carbonyl (C=O) groups is 2. The Balaban J connectivity index is 1.17. The van der Waals surface area contributed by atoms with Crippen LogP contribution in [-0.4, -0.2) is 67.9 Å². The molecule has 5 rings (SSSR count). The fraction of sp³-hybridized carbons (Fsp3) is 0.429. The van der Waals surface area contributed by atoms with Gasteiger partial charge in [0.2, 0.25) is 0 Å². The zero-order valence-corrected chi connectivity index (χ0v) is 19.1. The van der Waals surface area contributed by atoms with E-state index in [-0.39, 0.29) is 29.0 Å². The first-order valence-corrected chi connectivity index (χ1v) is 11.4. The first-order valence-electron chi connectivity index (χ1n) is 10.5. The normalized spacial score (nSPS) is 17.4. The Morgan fingerprint density at radius 3 is 2.68 bits per heavy atom. The molecule has 178 valence electrons. The van der Waals surface area contributed by atoms with Crippen molar-refractivity contribution in [1.82, 2.24) is 29.7 Å². The van der Waals surface area contributed by atoms with E-state index >= 15 is 0 Å². The number of aromatic nitrogens is 4. The molecular weight excluding hydrogens is 471 g/mol. The van der Waals surface area contributed by atoms with E-state index < -0.39 is 17.9 Å². The monoisotopic (exact) mass is 491 g/mol. The van der Waals surface area contributed by atoms with Gasteiger partial charge < -0.3 is 9.80 Å². The molecule has 0 aromatic carbocycles. The van der Waals surface area contributed by atoms with Gasteiger partial charge in [-0.1, -0.05) is 0 Å². The third-order valence-electron chi connectivity index (χ3n) is 6.35. The van der Waals surface area contributed by atoms with Gasteiger partial charge in [-0.2, -0.15) is 13.2 Å². The molecule has 0 radical (unpaired) electrons. The Morgan fingerprint density at radius 1 is 1.24 bits per heavy atom. The van der Waals surface area contributed by atoms with Crippen molar-refractivity contribution in [2.24, 2.45) is 5.41 Å². The predicted molar refractivity (Wildman–Crippen MR) is 117 cm³/mol. The molecule has 3 amide bonds. The van der Waals surface area contributed by atoms with Crippen LogP contribution in [0.5, 0.6) is 0 Å². The van der Waals surface area contributed by atoms with Crippen molar-refractivity contribution >= 4 is 39.3 Å². The summed E-state index contributed by atoms with van der Waals surface area (Å²) in [5, 5.41) is 4.30. The number of alkyl halides is 3. The summed E-state index contributed by atoms with van der Waals surface area (Å²) in [7, 11) is 1.60. The van der Waals surface area contributed by atoms with Crippen LogP contribution in [0.2, 0.25) is 0 Å². The fourth-order valence-corrected chi connectivity index (χ4v) is 5.44. The van der Waals surface area contributed by atoms with Crippen molar-refractivity contribution in [3.05, 3.63) is 41.1 Å². The maximum Gasteiger partial charge on any atom is 0.433 e. The summed E-state index contributed by atoms with van der Waals surface area (Å²) >= 11 is 1.43. The van der Waals surface area contributed by atoms with E-state index in [1.165, 1.54) is 29.5 Å². The lowest BCUT2D eigenvalue weighted by Gasteiger charge is -2.60. The number of anilines is 1. The summed E-state index contributed by atoms with van der Waals surface area (Å²) in [5.74, 6) is -0.413. The average molecular weight is 491 g/mol. The second kappa shape index (κ2) is 7.86. The number of rotatable bonds is 3. The summed E-state index contributed by atoms with van der Waals surface area (Å²) in [6.07, 6.45) is -1.83. The highest BCUT2D eigenvalue weighted by molar-refractivity contribution is 7.17. The number of amides is 3. The van der Waals surface area contributed by atoms with Gasteiger partial charge in [0.05, 0.1) is 10.2 Å². The highest BCUT2D eigenvalue weighted by Gasteiger charge is 2.55. The number of halogens is 3. The van der Waals surface area contributed by atoms with Gasteiger partial charge >= 0.3 is 12.2 Å². The Morgan fingerprint density at radius 2 is 1.97 bits per heavy atom. The molecule has 1 N–H and O–H groups in total. The number of nitrogens with one attached hydrogen (secondary N) is 1. The standard InChI is InChI=1S/C21H20F3N7O2S/c1-11-27-14(21(22,23)24)5-15(28-11)29-19(33)30(2)12-6-20(7-12)8-31(9-20)18(32)16-17-13(3-4-34-17)25-10-26-16/h3-5,10,12H,6-9H2,1-2H3,(H,27,28,29,33). The van der Waals surface area contributed by atoms with Crippen molar-refractivity contribution in [1.29, 1.82) is 0 Å². The number of nitrogens with zero attached hydrogens (tertiary/aromatic N) is 6. The molecule has 1 saturated heterocycles. The molecule has 4 heterocycles. The van der Waals surface area contributed by atoms with Crippen molar-refractivity contribution in [2.75, 3.05) is 25.5 Å². The number of hydrogen-bond acceptors (Lipinski definition) is 7. The Hall–Kier alpha value is -3.35. The van der Waals surface area contributed by atoms with E-state index in [9.17, 15) is 22.8 Å². The predicted octanol–water partition coefficient (Wildman–Crippen LogP) is 3.58. The van der Waals surface area contributed by atoms with E-state index in [1.807, 2.05) is 11.4 Å². The van der Waals surface area contributed by atoms with Gasteiger partial charge in [0.15, 0.2) is 0 Å². The number of carbonyl (C=O) groups excluding carboxylic acids is 2. The lowest BCUT2D eigenvalue weighted by molar-refractivity contribution is -0.141. The van der Waals surface area contributed by atoms with Gasteiger partial charge in [0.25, 0.3) is 5.91 Å². The molecule has 2 aliphatic rings. The molecule has 3 aromatic rings. The summed E-state index contributed by atoms with van der Waals surface area (Å²) in [6.45, 7) is 2.49. The summed E-state index contributed by atoms with van der Waals surface area (Å²) in [6, 6.07) is 1.94. The molecule has 1 aliphatic carbocycles. The van der Waals surface area contributed by atoms with Crippen LogP contribution >= 0.6 is 11.3 Å². The molecule has 2 fully saturated rings. The Bertz CT molecular complexity index is 1280. The highest BCUT2D eigenvalue weighted by atomic mass is 32.1. The van der Waals surface area contributed by atoms with Crippen molar-refractivity contribution in [2.45, 2.75) is 32.0 Å². The third kappa shape index (κ3) is 3.93. The Kier molecular flexibility index (Phi) is 5.19. The molecule has 9 nitrogen and oxygen atoms in total. The minimum absolute atomic E-state index is 0.0502. The number of thiophene rings is 1. The van der Waals surface area contributed by atoms with Gasteiger partial charge in [-0.25, -0.2) is 24.7 Å². The number of likely N-dealkylation sites (tertiary alicyclic amines) is 1. The van der Waals surface area contributed by atoms with Crippen LogP contribution in [0.15, 0.2) is 23.8 Å². The van der Waals surface area contributed by atoms with Gasteiger partial charge in [0.1, 0.15) is 29.4 Å². The van der Waals surface area contributed by atoms with Crippen molar-refractivity contribution in [3.63, 3.8) is 0 Å². The van der Waals surface area contributed by atoms with E-state index in [0.717, 1.165) is 10.2 Å². The third-order valence-corrected chi connectivity index (χ3v) is 7.26. The molecule has 13 heteroatoms. The highest BCUT2D eigenvalue weighted by Crippen LogP contribution is 2.50. The van der Waals surface area contributed by atoms with Crippen LogP contribution in [0.4, 0.5) is 23.8 Å². The minimum atomic E-state index is -4.63. The van der Waals surface area contributed by atoms with Crippen LogP contribution in [-0.2, 0) is 6.18 Å². The SMILES string of the molecule is Cc1nc(NC(=O)N(C)C2CC3(C2)CN(C(=O)c2ncnc4ccsc24)C3)cc(C(F)(F)F)n1.